The molecule has 196 valence electrons. The molecule has 0 unspecified atom stereocenters. The molecule has 0 N–H and O–H groups in total. The average Bonchev–Trinajstić information content (AvgIpc) is 3.03. The Morgan fingerprint density at radius 3 is 1.95 bits per heavy atom. The van der Waals surface area contributed by atoms with Crippen molar-refractivity contribution in [1.82, 2.24) is 4.57 Å². The van der Waals surface area contributed by atoms with Crippen molar-refractivity contribution >= 4 is 54.5 Å². The highest BCUT2D eigenvalue weighted by Gasteiger charge is 2.21. The Balaban J connectivity index is 1.72. The quantitative estimate of drug-likeness (QED) is 0.124. The third kappa shape index (κ3) is 3.83. The fourth-order valence-corrected chi connectivity index (χ4v) is 6.47. The molecule has 0 atom stereocenters. The van der Waals surface area contributed by atoms with Crippen molar-refractivity contribution in [3.63, 3.8) is 0 Å². The Hall–Kier alpha value is -5.21. The lowest BCUT2D eigenvalue weighted by molar-refractivity contribution is 0.998. The molecule has 0 radical (unpaired) electrons. The second kappa shape index (κ2) is 10.1. The summed E-state index contributed by atoms with van der Waals surface area (Å²) in [5, 5.41) is 7.39. The van der Waals surface area contributed by atoms with E-state index in [9.17, 15) is 4.79 Å². The van der Waals surface area contributed by atoms with E-state index in [0.29, 0.717) is 0 Å². The number of pyridine rings is 1. The van der Waals surface area contributed by atoms with E-state index in [1.54, 1.807) is 0 Å². The molecule has 1 aliphatic rings. The van der Waals surface area contributed by atoms with Gasteiger partial charge in [0.25, 0.3) is 5.56 Å². The van der Waals surface area contributed by atoms with E-state index in [0.717, 1.165) is 84.0 Å². The minimum atomic E-state index is 0.0123. The van der Waals surface area contributed by atoms with Crippen molar-refractivity contribution < 1.29 is 0 Å². The molecule has 0 amide bonds. The van der Waals surface area contributed by atoms with Gasteiger partial charge >= 0.3 is 0 Å². The predicted octanol–water partition coefficient (Wildman–Crippen LogP) is 10.1. The van der Waals surface area contributed by atoms with Crippen molar-refractivity contribution in [2.24, 2.45) is 0 Å². The summed E-state index contributed by atoms with van der Waals surface area (Å²) in [6.45, 7) is 8.08. The first-order chi connectivity index (χ1) is 20.2. The van der Waals surface area contributed by atoms with Crippen LogP contribution in [0.15, 0.2) is 145 Å². The van der Waals surface area contributed by atoms with Gasteiger partial charge in [0.1, 0.15) is 0 Å². The molecule has 7 rings (SSSR count). The number of fused-ring (bicyclic) bond motifs is 5. The maximum absolute atomic E-state index is 14.0. The summed E-state index contributed by atoms with van der Waals surface area (Å²) < 4.78 is 1.90. The average molecular weight is 528 g/mol. The summed E-state index contributed by atoms with van der Waals surface area (Å²) in [6.07, 6.45) is 14.1. The maximum atomic E-state index is 14.0. The Morgan fingerprint density at radius 2 is 1.34 bits per heavy atom. The number of rotatable bonds is 5. The molecule has 2 heteroatoms. The van der Waals surface area contributed by atoms with Crippen LogP contribution in [0.4, 0.5) is 0 Å². The largest absolute Gasteiger partial charge is 0.277 e. The molecule has 6 aromatic rings. The molecule has 0 saturated heterocycles. The molecule has 2 nitrogen and oxygen atoms in total. The monoisotopic (exact) mass is 527 g/mol. The van der Waals surface area contributed by atoms with Crippen LogP contribution in [0.1, 0.15) is 18.4 Å². The zero-order valence-electron chi connectivity index (χ0n) is 22.8. The van der Waals surface area contributed by atoms with Crippen LogP contribution in [-0.4, -0.2) is 4.57 Å². The Bertz CT molecular complexity index is 2150. The molecule has 1 aliphatic carbocycles. The Kier molecular flexibility index (Phi) is 6.10. The van der Waals surface area contributed by atoms with Gasteiger partial charge in [-0.3, -0.25) is 9.36 Å². The van der Waals surface area contributed by atoms with Gasteiger partial charge in [-0.1, -0.05) is 122 Å². The smallest absolute Gasteiger partial charge is 0.263 e. The standard InChI is InChI=1S/C39H29NO/c1-3-15-26(4-2)36-28-18-8-10-20-30(28)37(31-21-11-9-19-29(31)36)34-24-14-25-35-38(34)32-22-12-13-23-33(32)39(41)40(35)27-16-6-5-7-17-27/h3-4,6,8-25H,1-2,5,7H2/b26-15+. The van der Waals surface area contributed by atoms with E-state index in [1.165, 1.54) is 0 Å². The van der Waals surface area contributed by atoms with Gasteiger partial charge in [-0.25, -0.2) is 0 Å². The number of hydrogen-bond acceptors (Lipinski definition) is 1. The van der Waals surface area contributed by atoms with Crippen molar-refractivity contribution in [2.45, 2.75) is 12.8 Å². The number of benzene rings is 5. The van der Waals surface area contributed by atoms with E-state index >= 15 is 0 Å². The topological polar surface area (TPSA) is 22.0 Å². The van der Waals surface area contributed by atoms with Gasteiger partial charge in [-0.2, -0.15) is 0 Å². The molecule has 0 bridgehead atoms. The second-order valence-corrected chi connectivity index (χ2v) is 10.4. The molecule has 0 fully saturated rings. The van der Waals surface area contributed by atoms with Gasteiger partial charge in [0.15, 0.2) is 0 Å². The molecule has 0 saturated carbocycles. The minimum absolute atomic E-state index is 0.0123. The zero-order valence-corrected chi connectivity index (χ0v) is 22.8. The highest BCUT2D eigenvalue weighted by Crippen LogP contribution is 2.45. The zero-order chi connectivity index (χ0) is 27.9. The molecule has 0 aliphatic heterocycles. The van der Waals surface area contributed by atoms with E-state index < -0.39 is 0 Å². The first kappa shape index (κ1) is 24.8. The SMILES string of the molecule is C=C/C=C(\C=C)c1c2ccccc2c(-c2cccc3c2c2ccccc2c(=O)n3C2=CCCC=C2)c2ccccc12. The maximum Gasteiger partial charge on any atom is 0.263 e. The van der Waals surface area contributed by atoms with Crippen LogP contribution in [0.5, 0.6) is 0 Å². The summed E-state index contributed by atoms with van der Waals surface area (Å²) in [5.41, 5.74) is 6.32. The normalized spacial score (nSPS) is 13.7. The molecule has 41 heavy (non-hydrogen) atoms. The number of aromatic nitrogens is 1. The van der Waals surface area contributed by atoms with E-state index in [1.807, 2.05) is 41.0 Å². The molecular formula is C39H29NO. The lowest BCUT2D eigenvalue weighted by Crippen LogP contribution is -2.20. The summed E-state index contributed by atoms with van der Waals surface area (Å²) in [5.74, 6) is 0. The number of hydrogen-bond donors (Lipinski definition) is 0. The van der Waals surface area contributed by atoms with Crippen LogP contribution < -0.4 is 5.56 Å². The van der Waals surface area contributed by atoms with E-state index in [-0.39, 0.29) is 5.56 Å². The summed E-state index contributed by atoms with van der Waals surface area (Å²) in [4.78, 5) is 14.0. The third-order valence-electron chi connectivity index (χ3n) is 8.15. The lowest BCUT2D eigenvalue weighted by atomic mass is 9.84. The minimum Gasteiger partial charge on any atom is -0.277 e. The molecule has 1 heterocycles. The van der Waals surface area contributed by atoms with Crippen LogP contribution in [0, 0.1) is 0 Å². The van der Waals surface area contributed by atoms with Crippen molar-refractivity contribution in [1.29, 1.82) is 0 Å². The Labute approximate surface area is 239 Å². The van der Waals surface area contributed by atoms with Gasteiger partial charge in [-0.05, 0) is 80.2 Å². The van der Waals surface area contributed by atoms with Gasteiger partial charge in [0, 0.05) is 16.5 Å². The molecule has 5 aromatic carbocycles. The van der Waals surface area contributed by atoms with Crippen LogP contribution in [-0.2, 0) is 0 Å². The van der Waals surface area contributed by atoms with Gasteiger partial charge in [0.05, 0.1) is 5.52 Å². The first-order valence-corrected chi connectivity index (χ1v) is 14.1. The fraction of sp³-hybridized carbons (Fsp3) is 0.0513. The fourth-order valence-electron chi connectivity index (χ4n) is 6.47. The number of nitrogens with zero attached hydrogens (tertiary/aromatic N) is 1. The Morgan fingerprint density at radius 1 is 0.707 bits per heavy atom. The molecule has 1 aromatic heterocycles. The van der Waals surface area contributed by atoms with Crippen molar-refractivity contribution in [3.05, 3.63) is 157 Å². The second-order valence-electron chi connectivity index (χ2n) is 10.4. The van der Waals surface area contributed by atoms with Crippen LogP contribution in [0.2, 0.25) is 0 Å². The van der Waals surface area contributed by atoms with Crippen molar-refractivity contribution in [3.8, 4) is 11.1 Å². The third-order valence-corrected chi connectivity index (χ3v) is 8.15. The van der Waals surface area contributed by atoms with Crippen molar-refractivity contribution in [2.75, 3.05) is 0 Å². The van der Waals surface area contributed by atoms with Crippen LogP contribution in [0.25, 0.3) is 65.6 Å². The highest BCUT2D eigenvalue weighted by molar-refractivity contribution is 6.24. The first-order valence-electron chi connectivity index (χ1n) is 14.1. The van der Waals surface area contributed by atoms with E-state index in [2.05, 4.69) is 104 Å². The van der Waals surface area contributed by atoms with Gasteiger partial charge in [0.2, 0.25) is 0 Å². The molecular weight excluding hydrogens is 498 g/mol. The number of allylic oxidation sites excluding steroid dienone is 8. The summed E-state index contributed by atoms with van der Waals surface area (Å²) >= 11 is 0. The van der Waals surface area contributed by atoms with Crippen LogP contribution in [0.3, 0.4) is 0 Å². The molecule has 0 spiro atoms. The van der Waals surface area contributed by atoms with Gasteiger partial charge < -0.3 is 0 Å². The van der Waals surface area contributed by atoms with Gasteiger partial charge in [-0.15, -0.1) is 0 Å². The summed E-state index contributed by atoms with van der Waals surface area (Å²) in [6, 6.07) is 31.6. The summed E-state index contributed by atoms with van der Waals surface area (Å²) in [7, 11) is 0. The highest BCUT2D eigenvalue weighted by atomic mass is 16.1. The van der Waals surface area contributed by atoms with E-state index in [4.69, 9.17) is 0 Å². The predicted molar refractivity (Wildman–Crippen MR) is 177 cm³/mol. The lowest BCUT2D eigenvalue weighted by Gasteiger charge is -2.21. The van der Waals surface area contributed by atoms with Crippen LogP contribution >= 0.6 is 0 Å².